The van der Waals surface area contributed by atoms with Gasteiger partial charge in [-0.2, -0.15) is 8.42 Å². The van der Waals surface area contributed by atoms with E-state index in [1.165, 1.54) is 0 Å². The van der Waals surface area contributed by atoms with Crippen LogP contribution in [0.5, 0.6) is 0 Å². The summed E-state index contributed by atoms with van der Waals surface area (Å²) in [6.45, 7) is 3.29. The lowest BCUT2D eigenvalue weighted by Gasteiger charge is -2.08. The van der Waals surface area contributed by atoms with E-state index in [1.807, 2.05) is 28.9 Å². The summed E-state index contributed by atoms with van der Waals surface area (Å²) in [6.07, 6.45) is 10.2. The van der Waals surface area contributed by atoms with Crippen LogP contribution in [0.3, 0.4) is 0 Å². The Bertz CT molecular complexity index is 546. The van der Waals surface area contributed by atoms with Gasteiger partial charge in [-0.05, 0) is 13.3 Å². The predicted molar refractivity (Wildman–Crippen MR) is 84.8 cm³/mol. The van der Waals surface area contributed by atoms with Crippen LogP contribution in [-0.4, -0.2) is 54.7 Å². The summed E-state index contributed by atoms with van der Waals surface area (Å²) in [4.78, 5) is 11.4. The Hall–Kier alpha value is -1.47. The first-order valence-electron chi connectivity index (χ1n) is 7.48. The monoisotopic (exact) mass is 330 g/mol. The molecule has 22 heavy (non-hydrogen) atoms. The van der Waals surface area contributed by atoms with Crippen LogP contribution in [0.25, 0.3) is 0 Å². The van der Waals surface area contributed by atoms with Gasteiger partial charge in [0.1, 0.15) is 13.1 Å². The quantitative estimate of drug-likeness (QED) is 0.394. The van der Waals surface area contributed by atoms with Crippen molar-refractivity contribution in [3.05, 3.63) is 24.3 Å². The first-order valence-corrected chi connectivity index (χ1v) is 9.09. The molecule has 1 rings (SSSR count). The predicted octanol–water partition coefficient (Wildman–Crippen LogP) is 1.58. The smallest absolute Gasteiger partial charge is 0.306 e. The Morgan fingerprint density at radius 1 is 1.27 bits per heavy atom. The van der Waals surface area contributed by atoms with E-state index in [4.69, 9.17) is 9.29 Å². The molecule has 0 saturated carbocycles. The fraction of sp³-hybridized carbons (Fsp3) is 0.600. The van der Waals surface area contributed by atoms with Gasteiger partial charge in [-0.1, -0.05) is 12.2 Å². The normalized spacial score (nSPS) is 14.2. The van der Waals surface area contributed by atoms with Crippen molar-refractivity contribution in [2.24, 2.45) is 0 Å². The molecule has 0 aliphatic heterocycles. The second kappa shape index (κ2) is 9.53. The van der Waals surface area contributed by atoms with E-state index in [0.717, 1.165) is 12.1 Å². The van der Waals surface area contributed by atoms with Gasteiger partial charge in [0.25, 0.3) is 10.1 Å². The summed E-state index contributed by atoms with van der Waals surface area (Å²) in [5, 5.41) is 0. The van der Waals surface area contributed by atoms with Gasteiger partial charge < -0.3 is 4.74 Å². The van der Waals surface area contributed by atoms with E-state index in [-0.39, 0.29) is 11.7 Å². The number of nitrogens with zero attached hydrogens (tertiary/aromatic N) is 1. The van der Waals surface area contributed by atoms with Gasteiger partial charge in [0.2, 0.25) is 0 Å². The molecule has 0 atom stereocenters. The zero-order chi connectivity index (χ0) is 16.4. The fourth-order valence-electron chi connectivity index (χ4n) is 2.18. The van der Waals surface area contributed by atoms with E-state index in [1.54, 1.807) is 6.92 Å². The van der Waals surface area contributed by atoms with Crippen molar-refractivity contribution < 1.29 is 27.1 Å². The van der Waals surface area contributed by atoms with Crippen LogP contribution in [0.1, 0.15) is 32.6 Å². The highest BCUT2D eigenvalue weighted by Gasteiger charge is 2.14. The summed E-state index contributed by atoms with van der Waals surface area (Å²) < 4.78 is 37.3. The Morgan fingerprint density at radius 2 is 1.91 bits per heavy atom. The van der Waals surface area contributed by atoms with E-state index in [2.05, 4.69) is 0 Å². The molecule has 7 heteroatoms. The molecular weight excluding hydrogens is 306 g/mol. The van der Waals surface area contributed by atoms with Crippen molar-refractivity contribution in [1.82, 2.24) is 0 Å². The van der Waals surface area contributed by atoms with Gasteiger partial charge in [0.15, 0.2) is 5.71 Å². The second-order valence-electron chi connectivity index (χ2n) is 5.00. The van der Waals surface area contributed by atoms with E-state index >= 15 is 0 Å². The minimum absolute atomic E-state index is 0.222. The number of rotatable bonds is 9. The summed E-state index contributed by atoms with van der Waals surface area (Å²) in [7, 11) is -3.94. The number of carbonyl (C=O) groups is 1. The van der Waals surface area contributed by atoms with Crippen molar-refractivity contribution in [2.75, 3.05) is 25.4 Å². The van der Waals surface area contributed by atoms with Crippen LogP contribution in [0, 0.1) is 0 Å². The topological polar surface area (TPSA) is 83.7 Å². The molecule has 0 bridgehead atoms. The third kappa shape index (κ3) is 8.09. The highest BCUT2D eigenvalue weighted by molar-refractivity contribution is 7.85. The van der Waals surface area contributed by atoms with E-state index in [0.29, 0.717) is 39.0 Å². The molecule has 0 unspecified atom stereocenters. The minimum atomic E-state index is -3.94. The van der Waals surface area contributed by atoms with Crippen molar-refractivity contribution in [2.45, 2.75) is 32.6 Å². The second-order valence-corrected chi connectivity index (χ2v) is 6.57. The van der Waals surface area contributed by atoms with E-state index < -0.39 is 10.1 Å². The molecule has 0 aromatic carbocycles. The maximum Gasteiger partial charge on any atom is 0.306 e. The number of ether oxygens (including phenoxy) is 1. The van der Waals surface area contributed by atoms with Crippen LogP contribution < -0.4 is 0 Å². The van der Waals surface area contributed by atoms with Crippen molar-refractivity contribution in [3.8, 4) is 0 Å². The van der Waals surface area contributed by atoms with Gasteiger partial charge in [0.05, 0.1) is 18.8 Å². The number of carbonyl (C=O) groups excluding carboxylic acids is 1. The molecule has 0 aromatic rings. The molecule has 0 saturated heterocycles. The molecule has 0 aromatic heterocycles. The summed E-state index contributed by atoms with van der Waals surface area (Å²) in [5.74, 6) is -0.484. The van der Waals surface area contributed by atoms with Crippen LogP contribution in [0.15, 0.2) is 24.3 Å². The molecule has 1 aliphatic rings. The maximum atomic E-state index is 11.4. The highest BCUT2D eigenvalue weighted by Crippen LogP contribution is 2.03. The third-order valence-corrected chi connectivity index (χ3v) is 3.96. The Kier molecular flexibility index (Phi) is 8.05. The summed E-state index contributed by atoms with van der Waals surface area (Å²) in [5.41, 5.74) is 0.991. The number of allylic oxidation sites excluding steroid dienone is 4. The largest absolute Gasteiger partial charge is 0.466 e. The van der Waals surface area contributed by atoms with Gasteiger partial charge in [-0.3, -0.25) is 9.35 Å². The molecule has 124 valence electrons. The van der Waals surface area contributed by atoms with Crippen molar-refractivity contribution in [1.29, 1.82) is 0 Å². The lowest BCUT2D eigenvalue weighted by molar-refractivity contribution is -0.526. The molecule has 0 spiro atoms. The van der Waals surface area contributed by atoms with Crippen molar-refractivity contribution in [3.63, 3.8) is 0 Å². The average molecular weight is 330 g/mol. The summed E-state index contributed by atoms with van der Waals surface area (Å²) >= 11 is 0. The first-order chi connectivity index (χ1) is 10.4. The Morgan fingerprint density at radius 3 is 2.50 bits per heavy atom. The number of hydrogen-bond acceptors (Lipinski definition) is 4. The Labute approximate surface area is 131 Å². The standard InChI is InChI=1S/C15H23NO5S/c1-2-21-15(17)10-6-11-16(12-7-13-22(18,19)20)14-8-4-3-5-9-14/h4-5,8-9H,2-3,6-7,10-13H2,1H3/p+1. The van der Waals surface area contributed by atoms with Gasteiger partial charge in [0, 0.05) is 25.0 Å². The molecule has 6 nitrogen and oxygen atoms in total. The number of hydrogen-bond donors (Lipinski definition) is 1. The zero-order valence-corrected chi connectivity index (χ0v) is 13.7. The van der Waals surface area contributed by atoms with Gasteiger partial charge in [-0.25, -0.2) is 4.58 Å². The maximum absolute atomic E-state index is 11.4. The van der Waals surface area contributed by atoms with Crippen LogP contribution in [0.2, 0.25) is 0 Å². The molecule has 0 radical (unpaired) electrons. The zero-order valence-electron chi connectivity index (χ0n) is 12.9. The van der Waals surface area contributed by atoms with Gasteiger partial charge >= 0.3 is 5.97 Å². The first kappa shape index (κ1) is 18.6. The third-order valence-electron chi connectivity index (χ3n) is 3.16. The SMILES string of the molecule is CCOC(=O)CCC[N+](CCCS(=O)(=O)O)=C1C=CCC=C1. The minimum Gasteiger partial charge on any atom is -0.466 e. The van der Waals surface area contributed by atoms with E-state index in [9.17, 15) is 13.2 Å². The molecule has 1 N–H and O–H groups in total. The molecule has 0 amide bonds. The molecule has 1 aliphatic carbocycles. The average Bonchev–Trinajstić information content (AvgIpc) is 2.45. The van der Waals surface area contributed by atoms with Crippen LogP contribution >= 0.6 is 0 Å². The molecular formula is C15H24NO5S+. The lowest BCUT2D eigenvalue weighted by atomic mass is 10.1. The molecule has 0 fully saturated rings. The van der Waals surface area contributed by atoms with Crippen LogP contribution in [0.4, 0.5) is 0 Å². The van der Waals surface area contributed by atoms with Crippen LogP contribution in [-0.2, 0) is 19.6 Å². The Balaban J connectivity index is 2.59. The molecule has 0 heterocycles. The highest BCUT2D eigenvalue weighted by atomic mass is 32.2. The number of esters is 1. The van der Waals surface area contributed by atoms with Gasteiger partial charge in [-0.15, -0.1) is 0 Å². The van der Waals surface area contributed by atoms with Crippen molar-refractivity contribution >= 4 is 21.8 Å². The summed E-state index contributed by atoms with van der Waals surface area (Å²) in [6, 6.07) is 0. The lowest BCUT2D eigenvalue weighted by Crippen LogP contribution is -2.24. The fourth-order valence-corrected chi connectivity index (χ4v) is 2.67.